The Bertz CT molecular complexity index is 426. The molecule has 2 rings (SSSR count). The molecule has 0 aliphatic heterocycles. The molecule has 0 aromatic carbocycles. The van der Waals surface area contributed by atoms with E-state index in [1.165, 1.54) is 51.4 Å². The monoisotopic (exact) mass is 501 g/mol. The molecular weight excluding hydrogens is 453 g/mol. The fourth-order valence-corrected chi connectivity index (χ4v) is 2.33. The number of rotatable bonds is 8. The van der Waals surface area contributed by atoms with Gasteiger partial charge in [0.05, 0.1) is 0 Å². The summed E-state index contributed by atoms with van der Waals surface area (Å²) in [5.74, 6) is 0. The van der Waals surface area contributed by atoms with Gasteiger partial charge in [0.15, 0.2) is 0 Å². The third-order valence-electron chi connectivity index (χ3n) is 4.05. The molecule has 0 bridgehead atoms. The van der Waals surface area contributed by atoms with E-state index in [1.807, 2.05) is 36.4 Å². The zero-order valence-corrected chi connectivity index (χ0v) is 24.2. The molecule has 0 unspecified atom stereocenters. The summed E-state index contributed by atoms with van der Waals surface area (Å²) in [7, 11) is 0. The number of pyridine rings is 2. The van der Waals surface area contributed by atoms with Crippen LogP contribution >= 0.6 is 0 Å². The van der Waals surface area contributed by atoms with Gasteiger partial charge in [0.2, 0.25) is 0 Å². The van der Waals surface area contributed by atoms with Gasteiger partial charge in [-0.25, -0.2) is 0 Å². The first kappa shape index (κ1) is 35.0. The molecule has 2 aromatic heterocycles. The minimum absolute atomic E-state index is 0. The van der Waals surface area contributed by atoms with E-state index in [9.17, 15) is 0 Å². The van der Waals surface area contributed by atoms with E-state index < -0.39 is 0 Å². The van der Waals surface area contributed by atoms with E-state index in [1.54, 1.807) is 24.8 Å². The first-order valence-corrected chi connectivity index (χ1v) is 11.5. The molecule has 2 heterocycles. The van der Waals surface area contributed by atoms with Gasteiger partial charge in [0.1, 0.15) is 0 Å². The van der Waals surface area contributed by atoms with E-state index in [2.05, 4.69) is 65.4 Å². The van der Waals surface area contributed by atoms with Crippen LogP contribution in [0.2, 0.25) is 0 Å². The second-order valence-corrected chi connectivity index (χ2v) is 9.29. The third kappa shape index (κ3) is 40.3. The van der Waals surface area contributed by atoms with E-state index in [4.69, 9.17) is 0 Å². The summed E-state index contributed by atoms with van der Waals surface area (Å²) in [6, 6.07) is 11.4. The van der Waals surface area contributed by atoms with Crippen LogP contribution in [0.25, 0.3) is 0 Å². The Morgan fingerprint density at radius 3 is 0.968 bits per heavy atom. The first-order chi connectivity index (χ1) is 14.1. The predicted octanol–water partition coefficient (Wildman–Crippen LogP) is 9.01. The van der Waals surface area contributed by atoms with Crippen LogP contribution in [0.5, 0.6) is 0 Å². The topological polar surface area (TPSA) is 25.8 Å². The smallest absolute Gasteiger partial charge is 0.0267 e. The standard InChI is InChI=1S/2C9H19.2C5H5N.Y/c2*1-5-6-7-8-9(2,3)4;2*1-2-4-6-5-3-1;/h2*2,5-8H2,1,3-4H3;2*1-5H;/q2*-1;;;. The van der Waals surface area contributed by atoms with Crippen LogP contribution in [-0.2, 0) is 32.7 Å². The minimum atomic E-state index is 0. The van der Waals surface area contributed by atoms with Crippen molar-refractivity contribution in [1.82, 2.24) is 9.97 Å². The van der Waals surface area contributed by atoms with Crippen molar-refractivity contribution in [2.75, 3.05) is 0 Å². The summed E-state index contributed by atoms with van der Waals surface area (Å²) in [6.45, 7) is 21.3. The Kier molecular flexibility index (Phi) is 27.2. The molecule has 31 heavy (non-hydrogen) atoms. The fraction of sp³-hybridized carbons (Fsp3) is 0.571. The number of hydrogen-bond donors (Lipinski definition) is 0. The minimum Gasteiger partial charge on any atom is -0.338 e. The Morgan fingerprint density at radius 1 is 0.548 bits per heavy atom. The number of nitrogens with zero attached hydrogens (tertiary/aromatic N) is 2. The summed E-state index contributed by atoms with van der Waals surface area (Å²) < 4.78 is 0. The van der Waals surface area contributed by atoms with Crippen LogP contribution in [0.3, 0.4) is 0 Å². The average molecular weight is 502 g/mol. The molecule has 0 atom stereocenters. The van der Waals surface area contributed by atoms with Crippen LogP contribution in [-0.4, -0.2) is 9.97 Å². The van der Waals surface area contributed by atoms with E-state index >= 15 is 0 Å². The predicted molar refractivity (Wildman–Crippen MR) is 135 cm³/mol. The van der Waals surface area contributed by atoms with E-state index in [0.29, 0.717) is 10.8 Å². The molecule has 0 amide bonds. The summed E-state index contributed by atoms with van der Waals surface area (Å²) in [4.78, 5) is 7.57. The summed E-state index contributed by atoms with van der Waals surface area (Å²) in [6.07, 6.45) is 17.6. The van der Waals surface area contributed by atoms with Crippen molar-refractivity contribution >= 4 is 0 Å². The van der Waals surface area contributed by atoms with Gasteiger partial charge in [-0.2, -0.15) is 10.8 Å². The zero-order chi connectivity index (χ0) is 23.1. The van der Waals surface area contributed by atoms with Crippen molar-refractivity contribution < 1.29 is 32.7 Å². The fourth-order valence-electron chi connectivity index (χ4n) is 2.33. The average Bonchev–Trinajstić information content (AvgIpc) is 2.71. The third-order valence-corrected chi connectivity index (χ3v) is 4.05. The maximum Gasteiger partial charge on any atom is 0.0267 e. The number of hydrogen-bond acceptors (Lipinski definition) is 2. The maximum absolute atomic E-state index is 4.04. The van der Waals surface area contributed by atoms with Crippen LogP contribution < -0.4 is 0 Å². The van der Waals surface area contributed by atoms with Gasteiger partial charge in [0, 0.05) is 57.5 Å². The van der Waals surface area contributed by atoms with Crippen LogP contribution in [0.15, 0.2) is 61.2 Å². The van der Waals surface area contributed by atoms with Gasteiger partial charge >= 0.3 is 0 Å². The Labute approximate surface area is 220 Å². The molecular formula is C28H48N2Y-2. The van der Waals surface area contributed by atoms with Gasteiger partial charge in [-0.3, -0.25) is 9.97 Å². The second kappa shape index (κ2) is 24.1. The quantitative estimate of drug-likeness (QED) is 0.266. The van der Waals surface area contributed by atoms with Crippen molar-refractivity contribution in [2.24, 2.45) is 10.8 Å². The molecule has 0 saturated carbocycles. The maximum atomic E-state index is 4.04. The molecule has 0 N–H and O–H groups in total. The van der Waals surface area contributed by atoms with Gasteiger partial charge in [-0.15, -0.1) is 0 Å². The van der Waals surface area contributed by atoms with Crippen molar-refractivity contribution in [3.05, 3.63) is 75.0 Å². The summed E-state index contributed by atoms with van der Waals surface area (Å²) in [5, 5.41) is 0. The number of unbranched alkanes of at least 4 members (excludes halogenated alkanes) is 4. The largest absolute Gasteiger partial charge is 0.338 e. The molecule has 0 spiro atoms. The molecule has 3 heteroatoms. The molecule has 0 saturated heterocycles. The molecule has 0 aliphatic carbocycles. The van der Waals surface area contributed by atoms with Crippen molar-refractivity contribution in [2.45, 2.75) is 92.9 Å². The molecule has 2 aromatic rings. The van der Waals surface area contributed by atoms with Crippen molar-refractivity contribution in [1.29, 1.82) is 0 Å². The van der Waals surface area contributed by atoms with Gasteiger partial charge < -0.3 is 13.8 Å². The normalized spacial score (nSPS) is 10.1. The molecule has 1 radical (unpaired) electrons. The first-order valence-electron chi connectivity index (χ1n) is 11.5. The molecule has 0 aliphatic rings. The summed E-state index contributed by atoms with van der Waals surface area (Å²) in [5.41, 5.74) is 0.602. The Hall–Kier alpha value is -0.596. The Balaban J connectivity index is -0.000000338. The van der Waals surface area contributed by atoms with Crippen LogP contribution in [0, 0.1) is 24.7 Å². The van der Waals surface area contributed by atoms with Crippen LogP contribution in [0.4, 0.5) is 0 Å². The van der Waals surface area contributed by atoms with Gasteiger partial charge in [-0.05, 0) is 24.3 Å². The molecule has 2 nitrogen and oxygen atoms in total. The second-order valence-electron chi connectivity index (χ2n) is 9.29. The van der Waals surface area contributed by atoms with Gasteiger partial charge in [0.25, 0.3) is 0 Å². The van der Waals surface area contributed by atoms with E-state index in [-0.39, 0.29) is 32.7 Å². The van der Waals surface area contributed by atoms with E-state index in [0.717, 1.165) is 0 Å². The van der Waals surface area contributed by atoms with Gasteiger partial charge in [-0.1, -0.05) is 105 Å². The zero-order valence-electron chi connectivity index (χ0n) is 21.3. The van der Waals surface area contributed by atoms with Crippen molar-refractivity contribution in [3.63, 3.8) is 0 Å². The summed E-state index contributed by atoms with van der Waals surface area (Å²) >= 11 is 0. The SMILES string of the molecule is [CH2-]C(C)(C)CCCCC.[CH2-]C(C)(C)CCCCC.[Y].c1ccncc1.c1ccncc1. The van der Waals surface area contributed by atoms with Crippen LogP contribution in [0.1, 0.15) is 92.9 Å². The molecule has 0 fully saturated rings. The Morgan fingerprint density at radius 2 is 0.839 bits per heavy atom. The number of aromatic nitrogens is 2. The van der Waals surface area contributed by atoms with Crippen molar-refractivity contribution in [3.8, 4) is 0 Å². The molecule has 175 valence electrons.